The van der Waals surface area contributed by atoms with Gasteiger partial charge < -0.3 is 15.0 Å². The maximum atomic E-state index is 12.0. The first-order chi connectivity index (χ1) is 13.7. The molecule has 28 heavy (non-hydrogen) atoms. The van der Waals surface area contributed by atoms with Crippen LogP contribution in [0, 0.1) is 0 Å². The van der Waals surface area contributed by atoms with Crippen molar-refractivity contribution in [1.82, 2.24) is 20.3 Å². The number of hydrogen-bond donors (Lipinski definition) is 2. The van der Waals surface area contributed by atoms with E-state index in [2.05, 4.69) is 44.8 Å². The van der Waals surface area contributed by atoms with E-state index in [4.69, 9.17) is 4.74 Å². The van der Waals surface area contributed by atoms with Gasteiger partial charge in [0.15, 0.2) is 5.69 Å². The van der Waals surface area contributed by atoms with E-state index in [1.807, 2.05) is 36.4 Å². The first kappa shape index (κ1) is 18.2. The van der Waals surface area contributed by atoms with Crippen LogP contribution in [-0.4, -0.2) is 52.5 Å². The Balaban J connectivity index is 1.37. The van der Waals surface area contributed by atoms with Gasteiger partial charge in [-0.15, -0.1) is 0 Å². The average molecular weight is 377 g/mol. The zero-order chi connectivity index (χ0) is 19.3. The van der Waals surface area contributed by atoms with Gasteiger partial charge in [-0.1, -0.05) is 24.3 Å². The molecular formula is C21H23N5O2. The second-order valence-corrected chi connectivity index (χ2v) is 7.03. The first-order valence-corrected chi connectivity index (χ1v) is 9.40. The van der Waals surface area contributed by atoms with Crippen LogP contribution >= 0.6 is 0 Å². The molecule has 0 bridgehead atoms. The van der Waals surface area contributed by atoms with Crippen LogP contribution in [0.1, 0.15) is 23.3 Å². The summed E-state index contributed by atoms with van der Waals surface area (Å²) in [7, 11) is 2.15. The molecular weight excluding hydrogens is 354 g/mol. The second kappa shape index (κ2) is 8.22. The van der Waals surface area contributed by atoms with E-state index < -0.39 is 0 Å². The minimum Gasteiger partial charge on any atom is -0.490 e. The highest BCUT2D eigenvalue weighted by molar-refractivity contribution is 6.02. The minimum atomic E-state index is -0.295. The molecule has 3 aromatic rings. The molecule has 0 unspecified atom stereocenters. The van der Waals surface area contributed by atoms with Gasteiger partial charge in [0.2, 0.25) is 0 Å². The standard InChI is InChI=1S/C21H23N5O2/c1-26-12-10-19(11-13-26)28-18-8-4-16(5-9-18)15-2-6-17(7-3-15)23-21(27)20-14-22-25-24-20/h2-9,14,19H,10-13H2,1H3,(H,23,27)(H,22,24,25). The maximum absolute atomic E-state index is 12.0. The van der Waals surface area contributed by atoms with E-state index in [9.17, 15) is 4.79 Å². The molecule has 1 saturated heterocycles. The molecule has 0 saturated carbocycles. The molecule has 4 rings (SSSR count). The molecule has 0 spiro atoms. The lowest BCUT2D eigenvalue weighted by Crippen LogP contribution is -2.35. The van der Waals surface area contributed by atoms with Gasteiger partial charge in [0, 0.05) is 18.8 Å². The normalized spacial score (nSPS) is 15.3. The summed E-state index contributed by atoms with van der Waals surface area (Å²) in [5.74, 6) is 0.617. The highest BCUT2D eigenvalue weighted by Crippen LogP contribution is 2.25. The van der Waals surface area contributed by atoms with Crippen LogP contribution in [-0.2, 0) is 0 Å². The molecule has 0 aliphatic carbocycles. The van der Waals surface area contributed by atoms with Crippen LogP contribution in [0.3, 0.4) is 0 Å². The number of benzene rings is 2. The third-order valence-corrected chi connectivity index (χ3v) is 4.95. The van der Waals surface area contributed by atoms with Gasteiger partial charge in [-0.05, 0) is 55.3 Å². The molecule has 2 aromatic carbocycles. The molecule has 1 aliphatic rings. The fourth-order valence-corrected chi connectivity index (χ4v) is 3.27. The van der Waals surface area contributed by atoms with Gasteiger partial charge in [-0.3, -0.25) is 4.79 Å². The van der Waals surface area contributed by atoms with Gasteiger partial charge in [0.1, 0.15) is 11.9 Å². The van der Waals surface area contributed by atoms with E-state index in [1.54, 1.807) is 0 Å². The van der Waals surface area contributed by atoms with Crippen LogP contribution in [0.2, 0.25) is 0 Å². The Hall–Kier alpha value is -3.19. The lowest BCUT2D eigenvalue weighted by atomic mass is 10.0. The van der Waals surface area contributed by atoms with Crippen LogP contribution in [0.15, 0.2) is 54.7 Å². The summed E-state index contributed by atoms with van der Waals surface area (Å²) in [6.07, 6.45) is 3.83. The quantitative estimate of drug-likeness (QED) is 0.713. The largest absolute Gasteiger partial charge is 0.490 e. The molecule has 1 aliphatic heterocycles. The summed E-state index contributed by atoms with van der Waals surface area (Å²) in [5, 5.41) is 12.6. The van der Waals surface area contributed by atoms with E-state index in [-0.39, 0.29) is 11.6 Å². The predicted octanol–water partition coefficient (Wildman–Crippen LogP) is 3.20. The molecule has 2 heterocycles. The van der Waals surface area contributed by atoms with Gasteiger partial charge in [-0.25, -0.2) is 0 Å². The van der Waals surface area contributed by atoms with Crippen molar-refractivity contribution in [3.8, 4) is 16.9 Å². The fourth-order valence-electron chi connectivity index (χ4n) is 3.27. The molecule has 7 nitrogen and oxygen atoms in total. The summed E-state index contributed by atoms with van der Waals surface area (Å²) in [4.78, 5) is 14.3. The van der Waals surface area contributed by atoms with Crippen LogP contribution in [0.25, 0.3) is 11.1 Å². The third kappa shape index (κ3) is 4.37. The minimum absolute atomic E-state index is 0.254. The van der Waals surface area contributed by atoms with Crippen molar-refractivity contribution in [2.24, 2.45) is 0 Å². The highest BCUT2D eigenvalue weighted by atomic mass is 16.5. The molecule has 1 amide bonds. The number of piperidine rings is 1. The number of aromatic nitrogens is 3. The van der Waals surface area contributed by atoms with Gasteiger partial charge in [-0.2, -0.15) is 15.4 Å². The SMILES string of the molecule is CN1CCC(Oc2ccc(-c3ccc(NC(=O)c4cn[nH]n4)cc3)cc2)CC1. The molecule has 1 aromatic heterocycles. The molecule has 7 heteroatoms. The monoisotopic (exact) mass is 377 g/mol. The molecule has 144 valence electrons. The number of nitrogens with zero attached hydrogens (tertiary/aromatic N) is 3. The Morgan fingerprint density at radius 2 is 1.71 bits per heavy atom. The van der Waals surface area contributed by atoms with Gasteiger partial charge in [0.25, 0.3) is 5.91 Å². The Labute approximate surface area is 163 Å². The number of carbonyl (C=O) groups excluding carboxylic acids is 1. The summed E-state index contributed by atoms with van der Waals surface area (Å²) < 4.78 is 6.11. The average Bonchev–Trinajstić information content (AvgIpc) is 3.26. The Bertz CT molecular complexity index is 899. The van der Waals surface area contributed by atoms with Crippen molar-refractivity contribution in [3.63, 3.8) is 0 Å². The van der Waals surface area contributed by atoms with Crippen molar-refractivity contribution in [2.45, 2.75) is 18.9 Å². The number of amides is 1. The summed E-state index contributed by atoms with van der Waals surface area (Å²) >= 11 is 0. The zero-order valence-electron chi connectivity index (χ0n) is 15.8. The molecule has 0 atom stereocenters. The topological polar surface area (TPSA) is 83.1 Å². The number of hydrogen-bond acceptors (Lipinski definition) is 5. The number of aromatic amines is 1. The van der Waals surface area contributed by atoms with E-state index >= 15 is 0 Å². The van der Waals surface area contributed by atoms with Crippen molar-refractivity contribution in [1.29, 1.82) is 0 Å². The first-order valence-electron chi connectivity index (χ1n) is 9.40. The number of H-pyrrole nitrogens is 1. The highest BCUT2D eigenvalue weighted by Gasteiger charge is 2.17. The van der Waals surface area contributed by atoms with Crippen molar-refractivity contribution < 1.29 is 9.53 Å². The number of nitrogens with one attached hydrogen (secondary N) is 2. The van der Waals surface area contributed by atoms with E-state index in [1.165, 1.54) is 6.20 Å². The van der Waals surface area contributed by atoms with Gasteiger partial charge >= 0.3 is 0 Å². The summed E-state index contributed by atoms with van der Waals surface area (Å²) in [5.41, 5.74) is 3.14. The zero-order valence-corrected chi connectivity index (χ0v) is 15.8. The maximum Gasteiger partial charge on any atom is 0.277 e. The van der Waals surface area contributed by atoms with E-state index in [0.29, 0.717) is 11.8 Å². The molecule has 0 radical (unpaired) electrons. The van der Waals surface area contributed by atoms with Gasteiger partial charge in [0.05, 0.1) is 6.20 Å². The second-order valence-electron chi connectivity index (χ2n) is 7.03. The Morgan fingerprint density at radius 1 is 1.07 bits per heavy atom. The van der Waals surface area contributed by atoms with Crippen LogP contribution in [0.5, 0.6) is 5.75 Å². The number of rotatable bonds is 5. The predicted molar refractivity (Wildman–Crippen MR) is 107 cm³/mol. The molecule has 2 N–H and O–H groups in total. The van der Waals surface area contributed by atoms with Crippen molar-refractivity contribution >= 4 is 11.6 Å². The Kier molecular flexibility index (Phi) is 5.34. The summed E-state index contributed by atoms with van der Waals surface area (Å²) in [6, 6.07) is 15.9. The third-order valence-electron chi connectivity index (χ3n) is 4.95. The van der Waals surface area contributed by atoms with Crippen molar-refractivity contribution in [3.05, 3.63) is 60.4 Å². The number of ether oxygens (including phenoxy) is 1. The Morgan fingerprint density at radius 3 is 2.32 bits per heavy atom. The number of carbonyl (C=O) groups is 1. The van der Waals surface area contributed by atoms with Crippen LogP contribution in [0.4, 0.5) is 5.69 Å². The summed E-state index contributed by atoms with van der Waals surface area (Å²) in [6.45, 7) is 2.17. The smallest absolute Gasteiger partial charge is 0.277 e. The number of anilines is 1. The lowest BCUT2D eigenvalue weighted by Gasteiger charge is -2.29. The number of likely N-dealkylation sites (tertiary alicyclic amines) is 1. The fraction of sp³-hybridized carbons (Fsp3) is 0.286. The lowest BCUT2D eigenvalue weighted by molar-refractivity contribution is 0.102. The molecule has 1 fully saturated rings. The van der Waals surface area contributed by atoms with Crippen molar-refractivity contribution in [2.75, 3.05) is 25.5 Å². The van der Waals surface area contributed by atoms with Crippen LogP contribution < -0.4 is 10.1 Å². The van der Waals surface area contributed by atoms with E-state index in [0.717, 1.165) is 42.8 Å².